The number of phenolic OH excluding ortho intramolecular Hbond substituents is 1. The van der Waals surface area contributed by atoms with Crippen LogP contribution in [0.25, 0.3) is 33.3 Å². The standard InChI is InChI=1S/C49H66N8O7.4H2S/c1-9-56-41-15-14-32-24-37(41)38(44(56)36-12-10-16-52-42(36)30(4)63-8)25-49(5,6)28-64-48(62)39-13-11-19-57(54-39)47(61)40(22-31-20-33(32)23-35(58)21-31)53-45(59)43(29(2)3)55(7)46(60)34-26-50-17-18-51-27-34;;;;/h10,12,14-16,20-21,23-24,29-30,34,39-40,43,50-51,54,58H,9,11,13,17-19,22,25-28H2,1-8H3,(H,53,59);4*1H2/t30-,39-,40-,43-;;;;/m0..../s1. The largest absolute Gasteiger partial charge is 0.508 e. The van der Waals surface area contributed by atoms with E-state index in [4.69, 9.17) is 14.5 Å². The van der Waals surface area contributed by atoms with Gasteiger partial charge in [0.1, 0.15) is 23.9 Å². The summed E-state index contributed by atoms with van der Waals surface area (Å²) in [5.41, 5.74) is 9.70. The number of aromatic hydroxyl groups is 1. The van der Waals surface area contributed by atoms with Crippen LogP contribution in [0.3, 0.4) is 0 Å². The minimum absolute atomic E-state index is 0. The number of carbonyl (C=O) groups is 4. The van der Waals surface area contributed by atoms with Crippen molar-refractivity contribution in [2.75, 3.05) is 53.5 Å². The van der Waals surface area contributed by atoms with E-state index in [0.717, 1.165) is 57.6 Å². The highest BCUT2D eigenvalue weighted by molar-refractivity contribution is 7.59. The third-order valence-electron chi connectivity index (χ3n) is 13.0. The molecule has 2 saturated heterocycles. The number of aromatic nitrogens is 2. The Kier molecular flexibility index (Phi) is 21.7. The number of esters is 1. The molecule has 3 aliphatic heterocycles. The quantitative estimate of drug-likeness (QED) is 0.139. The van der Waals surface area contributed by atoms with E-state index in [0.29, 0.717) is 51.0 Å². The van der Waals surface area contributed by atoms with Crippen LogP contribution in [-0.2, 0) is 48.0 Å². The van der Waals surface area contributed by atoms with Gasteiger partial charge in [0.15, 0.2) is 0 Å². The Morgan fingerprint density at radius 3 is 2.38 bits per heavy atom. The molecular weight excluding hydrogens is 941 g/mol. The molecule has 7 rings (SSSR count). The summed E-state index contributed by atoms with van der Waals surface area (Å²) in [7, 11) is 3.32. The third-order valence-corrected chi connectivity index (χ3v) is 13.0. The number of aryl methyl sites for hydroxylation is 1. The minimum atomic E-state index is -1.12. The first-order valence-electron chi connectivity index (χ1n) is 22.8. The number of nitrogens with zero attached hydrogens (tertiary/aromatic N) is 4. The zero-order valence-corrected chi connectivity index (χ0v) is 44.6. The number of cyclic esters (lactones) is 1. The monoisotopic (exact) mass is 1010 g/mol. The van der Waals surface area contributed by atoms with Crippen LogP contribution in [0.4, 0.5) is 0 Å². The maximum Gasteiger partial charge on any atom is 0.324 e. The van der Waals surface area contributed by atoms with Gasteiger partial charge in [-0.05, 0) is 97.7 Å². The fourth-order valence-electron chi connectivity index (χ4n) is 9.65. The number of carbonyl (C=O) groups excluding carboxylic acids is 4. The molecule has 0 unspecified atom stereocenters. The summed E-state index contributed by atoms with van der Waals surface area (Å²) in [5.74, 6) is -2.18. The van der Waals surface area contributed by atoms with Crippen LogP contribution < -0.4 is 21.4 Å². The number of fused-ring (bicyclic) bond motifs is 6. The van der Waals surface area contributed by atoms with Crippen LogP contribution in [0.5, 0.6) is 5.75 Å². The first-order valence-corrected chi connectivity index (χ1v) is 22.8. The van der Waals surface area contributed by atoms with Crippen LogP contribution in [0, 0.1) is 17.3 Å². The van der Waals surface area contributed by atoms with E-state index in [1.165, 1.54) is 9.91 Å². The summed E-state index contributed by atoms with van der Waals surface area (Å²) in [6, 6.07) is 12.8. The Hall–Kier alpha value is -3.95. The fraction of sp³-hybridized carbons (Fsp3) is 0.531. The van der Waals surface area contributed by atoms with Gasteiger partial charge in [-0.15, -0.1) is 0 Å². The molecule has 2 aromatic carbocycles. The highest BCUT2D eigenvalue weighted by atomic mass is 32.1. The number of benzene rings is 2. The fourth-order valence-corrected chi connectivity index (χ4v) is 9.65. The number of amides is 3. The number of pyridine rings is 1. The number of phenols is 1. The second-order valence-corrected chi connectivity index (χ2v) is 18.8. The minimum Gasteiger partial charge on any atom is -0.508 e. The number of likely N-dealkylation sites (N-methyl/N-ethyl adjacent to an activating group) is 1. The number of hydrogen-bond donors (Lipinski definition) is 5. The molecule has 3 aliphatic rings. The number of rotatable bonds is 9. The average molecular weight is 1020 g/mol. The topological polar surface area (TPSA) is 179 Å². The second kappa shape index (κ2) is 25.3. The Morgan fingerprint density at radius 1 is 1.01 bits per heavy atom. The van der Waals surface area contributed by atoms with E-state index in [9.17, 15) is 24.3 Å². The number of nitrogens with one attached hydrogen (secondary N) is 4. The lowest BCUT2D eigenvalue weighted by atomic mass is 9.84. The van der Waals surface area contributed by atoms with Crippen molar-refractivity contribution < 1.29 is 33.8 Å². The van der Waals surface area contributed by atoms with Crippen LogP contribution in [0.1, 0.15) is 77.3 Å². The Morgan fingerprint density at radius 2 is 1.72 bits per heavy atom. The van der Waals surface area contributed by atoms with Gasteiger partial charge in [0, 0.05) is 87.9 Å². The smallest absolute Gasteiger partial charge is 0.324 e. The molecule has 4 aromatic rings. The van der Waals surface area contributed by atoms with Gasteiger partial charge in [-0.3, -0.25) is 29.2 Å². The van der Waals surface area contributed by atoms with Crippen molar-refractivity contribution in [3.8, 4) is 28.1 Å². The van der Waals surface area contributed by atoms with E-state index in [1.807, 2.05) is 39.0 Å². The van der Waals surface area contributed by atoms with Gasteiger partial charge in [-0.25, -0.2) is 5.43 Å². The molecule has 0 aliphatic carbocycles. The van der Waals surface area contributed by atoms with E-state index in [1.54, 1.807) is 32.5 Å². The summed E-state index contributed by atoms with van der Waals surface area (Å²) in [5, 5.41) is 23.4. The predicted molar refractivity (Wildman–Crippen MR) is 287 cm³/mol. The molecule has 15 nitrogen and oxygen atoms in total. The first kappa shape index (κ1) is 58.4. The van der Waals surface area contributed by atoms with Crippen LogP contribution in [-0.4, -0.2) is 120 Å². The lowest BCUT2D eigenvalue weighted by Crippen LogP contribution is -2.62. The summed E-state index contributed by atoms with van der Waals surface area (Å²) >= 11 is 0. The maximum absolute atomic E-state index is 14.7. The lowest BCUT2D eigenvalue weighted by molar-refractivity contribution is -0.155. The molecule has 376 valence electrons. The van der Waals surface area contributed by atoms with Gasteiger partial charge in [0.05, 0.1) is 30.0 Å². The molecule has 2 aromatic heterocycles. The summed E-state index contributed by atoms with van der Waals surface area (Å²) in [4.78, 5) is 63.2. The zero-order chi connectivity index (χ0) is 45.9. The van der Waals surface area contributed by atoms with E-state index >= 15 is 0 Å². The van der Waals surface area contributed by atoms with Crippen molar-refractivity contribution in [2.45, 2.75) is 98.0 Å². The summed E-state index contributed by atoms with van der Waals surface area (Å²) in [6.45, 7) is 15.6. The molecule has 0 saturated carbocycles. The molecule has 3 amide bonds. The van der Waals surface area contributed by atoms with Crippen molar-refractivity contribution in [1.29, 1.82) is 0 Å². The van der Waals surface area contributed by atoms with Crippen molar-refractivity contribution in [3.05, 3.63) is 71.5 Å². The molecule has 5 N–H and O–H groups in total. The average Bonchev–Trinajstić information content (AvgIpc) is 3.39. The zero-order valence-electron chi connectivity index (χ0n) is 40.6. The predicted octanol–water partition coefficient (Wildman–Crippen LogP) is 5.19. The second-order valence-electron chi connectivity index (χ2n) is 18.8. The van der Waals surface area contributed by atoms with E-state index < -0.39 is 41.3 Å². The number of methoxy groups -OCH3 is 1. The molecule has 0 spiro atoms. The van der Waals surface area contributed by atoms with Gasteiger partial charge in [-0.2, -0.15) is 54.0 Å². The maximum atomic E-state index is 14.7. The summed E-state index contributed by atoms with van der Waals surface area (Å²) in [6.07, 6.45) is 3.08. The summed E-state index contributed by atoms with van der Waals surface area (Å²) < 4.78 is 14.2. The van der Waals surface area contributed by atoms with Crippen molar-refractivity contribution in [3.63, 3.8) is 0 Å². The molecule has 5 heterocycles. The SMILES string of the molecule is CCn1c(-c2cccnc2[C@H](C)OC)c2c3cc(ccc31)-c1cc(O)cc(c1)C[C@H](NC(=O)[C@H](C(C)C)N(C)C(=O)C1CNCCNC1)C(=O)N1CCC[C@H](N1)C(=O)OCC(C)(C)C2.S.S.S.S. The molecule has 0 radical (unpaired) electrons. The molecule has 19 heteroatoms. The van der Waals surface area contributed by atoms with Crippen molar-refractivity contribution in [2.24, 2.45) is 17.3 Å². The van der Waals surface area contributed by atoms with E-state index in [2.05, 4.69) is 64.9 Å². The number of hydrazine groups is 1. The molecule has 68 heavy (non-hydrogen) atoms. The van der Waals surface area contributed by atoms with E-state index in [-0.39, 0.29) is 96.6 Å². The van der Waals surface area contributed by atoms with Gasteiger partial charge >= 0.3 is 5.97 Å². The normalized spacial score (nSPS) is 19.6. The van der Waals surface area contributed by atoms with Crippen LogP contribution in [0.15, 0.2) is 54.7 Å². The molecule has 6 bridgehead atoms. The van der Waals surface area contributed by atoms with Gasteiger partial charge in [0.2, 0.25) is 11.8 Å². The Labute approximate surface area is 429 Å². The van der Waals surface area contributed by atoms with Gasteiger partial charge in [-0.1, -0.05) is 39.8 Å². The highest BCUT2D eigenvalue weighted by Crippen LogP contribution is 2.42. The van der Waals surface area contributed by atoms with Crippen molar-refractivity contribution >= 4 is 88.6 Å². The van der Waals surface area contributed by atoms with Crippen LogP contribution >= 0.6 is 54.0 Å². The van der Waals surface area contributed by atoms with Gasteiger partial charge in [0.25, 0.3) is 5.91 Å². The Balaban J connectivity index is 0.00000306. The lowest BCUT2D eigenvalue weighted by Gasteiger charge is -2.37. The Bertz CT molecular complexity index is 2370. The van der Waals surface area contributed by atoms with Crippen molar-refractivity contribution in [1.82, 2.24) is 40.8 Å². The molecule has 4 atom stereocenters. The third kappa shape index (κ3) is 12.9. The molecule has 2 fully saturated rings. The first-order chi connectivity index (χ1) is 30.6. The molecular formula is C49H74N8O7S4. The van der Waals surface area contributed by atoms with Crippen LogP contribution in [0.2, 0.25) is 0 Å². The van der Waals surface area contributed by atoms with Gasteiger partial charge < -0.3 is 40.0 Å². The highest BCUT2D eigenvalue weighted by Gasteiger charge is 2.39. The number of hydrogen-bond acceptors (Lipinski definition) is 11. The number of ether oxygens (including phenoxy) is 2.